The summed E-state index contributed by atoms with van der Waals surface area (Å²) in [4.78, 5) is 11.1. The van der Waals surface area contributed by atoms with Crippen LogP contribution in [0.25, 0.3) is 0 Å². The summed E-state index contributed by atoms with van der Waals surface area (Å²) in [6.07, 6.45) is 2.28. The number of carbonyl (C=O) groups excluding carboxylic acids is 1. The van der Waals surface area contributed by atoms with Crippen LogP contribution in [0.2, 0.25) is 0 Å². The molecule has 0 amide bonds. The second-order valence-corrected chi connectivity index (χ2v) is 3.25. The molecule has 15 heavy (non-hydrogen) atoms. The van der Waals surface area contributed by atoms with E-state index in [9.17, 15) is 4.79 Å². The van der Waals surface area contributed by atoms with Gasteiger partial charge >= 0.3 is 5.97 Å². The highest BCUT2D eigenvalue weighted by Gasteiger charge is 2.17. The zero-order chi connectivity index (χ0) is 10.7. The van der Waals surface area contributed by atoms with Crippen molar-refractivity contribution in [3.63, 3.8) is 0 Å². The highest BCUT2D eigenvalue weighted by molar-refractivity contribution is 5.90. The molecule has 0 aliphatic carbocycles. The molecule has 0 atom stereocenters. The van der Waals surface area contributed by atoms with Crippen LogP contribution in [0.4, 0.5) is 5.69 Å². The number of phenols is 1. The number of phenolic OH excluding ortho intramolecular Hbond substituents is 1. The molecule has 1 aromatic rings. The fourth-order valence-corrected chi connectivity index (χ4v) is 1.31. The molecule has 4 heteroatoms. The van der Waals surface area contributed by atoms with Crippen LogP contribution >= 0.6 is 0 Å². The van der Waals surface area contributed by atoms with Crippen LogP contribution < -0.4 is 5.32 Å². The van der Waals surface area contributed by atoms with Gasteiger partial charge in [-0.1, -0.05) is 0 Å². The number of nitrogens with one attached hydrogen (secondary N) is 1. The lowest BCUT2D eigenvalue weighted by molar-refractivity contribution is -0.135. The first-order valence-corrected chi connectivity index (χ1v) is 4.67. The number of carbonyl (C=O) groups is 1. The summed E-state index contributed by atoms with van der Waals surface area (Å²) in [7, 11) is 0. The lowest BCUT2D eigenvalue weighted by Crippen LogP contribution is -1.98. The fraction of sp³-hybridized carbons (Fsp3) is 0.182. The Bertz CT molecular complexity index is 395. The highest BCUT2D eigenvalue weighted by atomic mass is 16.5. The average molecular weight is 205 g/mol. The Labute approximate surface area is 87.2 Å². The number of hydrogen-bond acceptors (Lipinski definition) is 4. The van der Waals surface area contributed by atoms with Gasteiger partial charge in [-0.25, -0.2) is 4.79 Å². The lowest BCUT2D eigenvalue weighted by Gasteiger charge is -2.00. The Morgan fingerprint density at radius 3 is 2.67 bits per heavy atom. The summed E-state index contributed by atoms with van der Waals surface area (Å²) in [6, 6.07) is 6.61. The van der Waals surface area contributed by atoms with Crippen molar-refractivity contribution >= 4 is 11.7 Å². The summed E-state index contributed by atoms with van der Waals surface area (Å²) in [5.74, 6) is -0.0465. The maximum Gasteiger partial charge on any atom is 0.335 e. The number of ether oxygens (including phenoxy) is 1. The zero-order valence-electron chi connectivity index (χ0n) is 8.06. The molecule has 0 saturated carbocycles. The molecule has 2 rings (SSSR count). The van der Waals surface area contributed by atoms with E-state index in [2.05, 4.69) is 5.32 Å². The van der Waals surface area contributed by atoms with Gasteiger partial charge in [-0.2, -0.15) is 0 Å². The van der Waals surface area contributed by atoms with Crippen molar-refractivity contribution in [1.82, 2.24) is 0 Å². The summed E-state index contributed by atoms with van der Waals surface area (Å²) in [5, 5.41) is 12.0. The quantitative estimate of drug-likeness (QED) is 0.437. The Hall–Kier alpha value is -1.97. The summed E-state index contributed by atoms with van der Waals surface area (Å²) >= 11 is 0. The van der Waals surface area contributed by atoms with Gasteiger partial charge in [0.1, 0.15) is 5.75 Å². The molecule has 2 N–H and O–H groups in total. The Balaban J connectivity index is 2.03. The molecular formula is C11H11NO3. The van der Waals surface area contributed by atoms with Crippen LogP contribution in [0.3, 0.4) is 0 Å². The van der Waals surface area contributed by atoms with Crippen LogP contribution in [-0.4, -0.2) is 17.7 Å². The van der Waals surface area contributed by atoms with Crippen molar-refractivity contribution in [2.45, 2.75) is 6.42 Å². The van der Waals surface area contributed by atoms with Crippen molar-refractivity contribution in [3.05, 3.63) is 36.0 Å². The Morgan fingerprint density at radius 1 is 1.33 bits per heavy atom. The number of cyclic esters (lactones) is 1. The standard InChI is InChI=1S/C11H11NO3/c13-10-3-1-9(2-4-10)12-7-8-5-6-15-11(8)14/h1-4,7,12-13H,5-6H2. The van der Waals surface area contributed by atoms with Crippen molar-refractivity contribution in [2.24, 2.45) is 0 Å². The van der Waals surface area contributed by atoms with Gasteiger partial charge in [-0.05, 0) is 24.3 Å². The van der Waals surface area contributed by atoms with E-state index in [0.29, 0.717) is 18.6 Å². The number of hydrogen-bond donors (Lipinski definition) is 2. The molecule has 0 bridgehead atoms. The number of anilines is 1. The van der Waals surface area contributed by atoms with E-state index in [1.807, 2.05) is 0 Å². The number of aromatic hydroxyl groups is 1. The van der Waals surface area contributed by atoms with E-state index in [-0.39, 0.29) is 11.7 Å². The van der Waals surface area contributed by atoms with Gasteiger partial charge in [0.05, 0.1) is 12.2 Å². The summed E-state index contributed by atoms with van der Waals surface area (Å²) in [5.41, 5.74) is 1.46. The maximum atomic E-state index is 11.1. The first kappa shape index (κ1) is 9.58. The zero-order valence-corrected chi connectivity index (χ0v) is 8.06. The third-order valence-electron chi connectivity index (χ3n) is 2.15. The molecule has 1 saturated heterocycles. The highest BCUT2D eigenvalue weighted by Crippen LogP contribution is 2.16. The second-order valence-electron chi connectivity index (χ2n) is 3.25. The summed E-state index contributed by atoms with van der Waals surface area (Å²) in [6.45, 7) is 0.460. The number of benzene rings is 1. The van der Waals surface area contributed by atoms with E-state index in [4.69, 9.17) is 9.84 Å². The molecule has 78 valence electrons. The first-order chi connectivity index (χ1) is 7.25. The molecule has 1 fully saturated rings. The molecular weight excluding hydrogens is 194 g/mol. The van der Waals surface area contributed by atoms with Gasteiger partial charge in [0, 0.05) is 18.3 Å². The minimum atomic E-state index is -0.263. The van der Waals surface area contributed by atoms with Gasteiger partial charge < -0.3 is 15.2 Å². The van der Waals surface area contributed by atoms with E-state index in [1.165, 1.54) is 0 Å². The monoisotopic (exact) mass is 205 g/mol. The lowest BCUT2D eigenvalue weighted by atomic mass is 10.2. The topological polar surface area (TPSA) is 58.6 Å². The molecule has 0 unspecified atom stereocenters. The van der Waals surface area contributed by atoms with Crippen molar-refractivity contribution in [2.75, 3.05) is 11.9 Å². The Kier molecular flexibility index (Phi) is 2.58. The van der Waals surface area contributed by atoms with Gasteiger partial charge in [-0.15, -0.1) is 0 Å². The molecule has 4 nitrogen and oxygen atoms in total. The number of esters is 1. The van der Waals surface area contributed by atoms with E-state index in [1.54, 1.807) is 30.5 Å². The van der Waals surface area contributed by atoms with Crippen LogP contribution in [-0.2, 0) is 9.53 Å². The van der Waals surface area contributed by atoms with Crippen LogP contribution in [0.5, 0.6) is 5.75 Å². The van der Waals surface area contributed by atoms with Crippen LogP contribution in [0, 0.1) is 0 Å². The van der Waals surface area contributed by atoms with Crippen molar-refractivity contribution < 1.29 is 14.6 Å². The third-order valence-corrected chi connectivity index (χ3v) is 2.15. The van der Waals surface area contributed by atoms with E-state index in [0.717, 1.165) is 5.69 Å². The number of rotatable bonds is 2. The smallest absolute Gasteiger partial charge is 0.335 e. The van der Waals surface area contributed by atoms with Crippen molar-refractivity contribution in [1.29, 1.82) is 0 Å². The third kappa shape index (κ3) is 2.28. The molecule has 0 radical (unpaired) electrons. The fourth-order valence-electron chi connectivity index (χ4n) is 1.31. The van der Waals surface area contributed by atoms with Gasteiger partial charge in [0.2, 0.25) is 0 Å². The first-order valence-electron chi connectivity index (χ1n) is 4.67. The molecule has 0 spiro atoms. The van der Waals surface area contributed by atoms with Crippen LogP contribution in [0.15, 0.2) is 36.0 Å². The van der Waals surface area contributed by atoms with Gasteiger partial charge in [0.15, 0.2) is 0 Å². The predicted molar refractivity (Wildman–Crippen MR) is 55.4 cm³/mol. The molecule has 1 heterocycles. The van der Waals surface area contributed by atoms with Gasteiger partial charge in [-0.3, -0.25) is 0 Å². The minimum absolute atomic E-state index is 0.216. The molecule has 0 aromatic heterocycles. The second kappa shape index (κ2) is 4.04. The van der Waals surface area contributed by atoms with Crippen LogP contribution in [0.1, 0.15) is 6.42 Å². The predicted octanol–water partition coefficient (Wildman–Crippen LogP) is 1.63. The maximum absolute atomic E-state index is 11.1. The average Bonchev–Trinajstić information content (AvgIpc) is 2.63. The summed E-state index contributed by atoms with van der Waals surface area (Å²) < 4.78 is 4.79. The minimum Gasteiger partial charge on any atom is -0.508 e. The van der Waals surface area contributed by atoms with E-state index < -0.39 is 0 Å². The normalized spacial score (nSPS) is 17.9. The molecule has 1 aliphatic heterocycles. The SMILES string of the molecule is O=C1OCCC1=CNc1ccc(O)cc1. The Morgan fingerprint density at radius 2 is 2.07 bits per heavy atom. The largest absolute Gasteiger partial charge is 0.508 e. The van der Waals surface area contributed by atoms with Crippen molar-refractivity contribution in [3.8, 4) is 5.75 Å². The van der Waals surface area contributed by atoms with E-state index >= 15 is 0 Å². The molecule has 1 aromatic carbocycles. The molecule has 1 aliphatic rings. The van der Waals surface area contributed by atoms with Gasteiger partial charge in [0.25, 0.3) is 0 Å².